The summed E-state index contributed by atoms with van der Waals surface area (Å²) in [6.07, 6.45) is 0. The second-order valence-electron chi connectivity index (χ2n) is 31.5. The molecule has 0 spiro atoms. The lowest BCUT2D eigenvalue weighted by Gasteiger charge is -2.18. The normalized spacial score (nSPS) is 11.6. The molecule has 21 aromatic carbocycles. The van der Waals surface area contributed by atoms with E-state index in [9.17, 15) is 0 Å². The van der Waals surface area contributed by atoms with Gasteiger partial charge in [0.15, 0.2) is 34.9 Å². The Morgan fingerprint density at radius 2 is 0.402 bits per heavy atom. The fourth-order valence-electron chi connectivity index (χ4n) is 18.4. The monoisotopic (exact) mass is 1550 g/mol. The topological polar surface area (TPSA) is 77.3 Å². The van der Waals surface area contributed by atoms with Crippen molar-refractivity contribution < 1.29 is 0 Å². The van der Waals surface area contributed by atoms with Gasteiger partial charge in [-0.05, 0) is 218 Å². The molecule has 23 rings (SSSR count). The van der Waals surface area contributed by atoms with Crippen molar-refractivity contribution in [2.45, 2.75) is 0 Å². The lowest BCUT2D eigenvalue weighted by atomic mass is 9.87. The smallest absolute Gasteiger partial charge is 0.165 e. The molecule has 0 aliphatic rings. The second-order valence-corrected chi connectivity index (χ2v) is 31.5. The summed E-state index contributed by atoms with van der Waals surface area (Å²) in [6, 6.07) is 157. The van der Waals surface area contributed by atoms with Gasteiger partial charge in [0.25, 0.3) is 0 Å². The Morgan fingerprint density at radius 1 is 0.107 bits per heavy atom. The van der Waals surface area contributed by atoms with Gasteiger partial charge in [-0.1, -0.05) is 394 Å². The van der Waals surface area contributed by atoms with E-state index < -0.39 is 0 Å². The lowest BCUT2D eigenvalue weighted by molar-refractivity contribution is 1.08. The largest absolute Gasteiger partial charge is 0.208 e. The molecular formula is C116H72N6. The quantitative estimate of drug-likeness (QED) is 0.108. The fraction of sp³-hybridized carbons (Fsp3) is 0. The highest BCUT2D eigenvalue weighted by molar-refractivity contribution is 6.14. The molecule has 0 bridgehead atoms. The SMILES string of the molecule is c1ccc(-c2ccc(-c3nc(-c4ccc5ccccc5c4)nc(-c4c(-c5ccccc5)ccc5ccccc45)n3)cc2-c2ccc3cc(-c4cccc5c(-c6cccc7c(-c8nc(-c9cccc(-c%10ccc%11cc(-c%12cccc%13ccccc%12%13)ccc%11c%10)c9)nc(-c9cccc%10ccccc9%10)n8)c(-c8ccccc8)ccc67)cccc45)ccc3c2)cc1. The maximum Gasteiger partial charge on any atom is 0.165 e. The summed E-state index contributed by atoms with van der Waals surface area (Å²) in [7, 11) is 0. The minimum atomic E-state index is 0.583. The van der Waals surface area contributed by atoms with Gasteiger partial charge in [0, 0.05) is 33.4 Å². The van der Waals surface area contributed by atoms with Crippen LogP contribution in [0.5, 0.6) is 0 Å². The molecule has 23 aromatic rings. The van der Waals surface area contributed by atoms with Crippen molar-refractivity contribution in [3.05, 3.63) is 437 Å². The van der Waals surface area contributed by atoms with Gasteiger partial charge in [0.1, 0.15) is 0 Å². The minimum absolute atomic E-state index is 0.583. The van der Waals surface area contributed by atoms with Crippen LogP contribution < -0.4 is 0 Å². The average Bonchev–Trinajstić information content (AvgIpc) is 0.741. The molecule has 0 saturated heterocycles. The molecule has 0 aliphatic carbocycles. The predicted molar refractivity (Wildman–Crippen MR) is 509 cm³/mol. The van der Waals surface area contributed by atoms with Gasteiger partial charge >= 0.3 is 0 Å². The molecule has 0 atom stereocenters. The molecule has 0 fully saturated rings. The van der Waals surface area contributed by atoms with Gasteiger partial charge in [0.2, 0.25) is 0 Å². The number of nitrogens with zero attached hydrogens (tertiary/aromatic N) is 6. The van der Waals surface area contributed by atoms with E-state index in [4.69, 9.17) is 29.9 Å². The summed E-state index contributed by atoms with van der Waals surface area (Å²) in [6.45, 7) is 0. The van der Waals surface area contributed by atoms with Crippen LogP contribution in [-0.4, -0.2) is 29.9 Å². The van der Waals surface area contributed by atoms with Crippen LogP contribution in [0.25, 0.3) is 244 Å². The highest BCUT2D eigenvalue weighted by atomic mass is 15.0. The number of fused-ring (bicyclic) bond motifs is 8. The van der Waals surface area contributed by atoms with E-state index in [1.54, 1.807) is 0 Å². The third-order valence-electron chi connectivity index (χ3n) is 24.3. The first-order valence-electron chi connectivity index (χ1n) is 41.5. The third kappa shape index (κ3) is 12.9. The van der Waals surface area contributed by atoms with Crippen LogP contribution in [0.4, 0.5) is 0 Å². The van der Waals surface area contributed by atoms with Crippen LogP contribution in [-0.2, 0) is 0 Å². The summed E-state index contributed by atoms with van der Waals surface area (Å²) in [5.74, 6) is 3.56. The Balaban J connectivity index is 0.624. The standard InChI is InChI=1S/C116H72N6/c1-4-25-74(26-5-1)97-62-61-92(113-117-112(91-59-50-73-24-10-11-34-80(73)70-91)120-115(121-113)109-98-41-17-14-33-79(98)60-63-99(109)77-27-6-2-7-28-77)72-108(97)89-58-55-85-68-88(57-54-86(85)69-89)96-43-21-45-102-101(96)44-22-46-103(102)104-47-23-48-106-105(104)65-64-100(78-29-8-3-9-30-78)110(106)116-119-111(118-114(122-116)107-49-20-36-76-32-13-16-40-94(76)107)90-38-18-37-81(71-90)82-51-52-84-67-87(56-53-83(84)66-82)95-42-19-35-75-31-12-15-39-93(75)95/h1-72H. The van der Waals surface area contributed by atoms with E-state index in [0.29, 0.717) is 34.9 Å². The van der Waals surface area contributed by atoms with Gasteiger partial charge in [0.05, 0.1) is 0 Å². The molecule has 122 heavy (non-hydrogen) atoms. The van der Waals surface area contributed by atoms with Gasteiger partial charge in [-0.15, -0.1) is 0 Å². The summed E-state index contributed by atoms with van der Waals surface area (Å²) in [4.78, 5) is 33.2. The first-order valence-corrected chi connectivity index (χ1v) is 41.5. The Kier molecular flexibility index (Phi) is 17.5. The first kappa shape index (κ1) is 71.1. The van der Waals surface area contributed by atoms with Gasteiger partial charge in [-0.2, -0.15) is 0 Å². The fourth-order valence-corrected chi connectivity index (χ4v) is 18.4. The highest BCUT2D eigenvalue weighted by Gasteiger charge is 2.25. The molecular weight excluding hydrogens is 1480 g/mol. The van der Waals surface area contributed by atoms with Crippen molar-refractivity contribution in [1.82, 2.24) is 29.9 Å². The molecule has 0 aliphatic heterocycles. The number of aromatic nitrogens is 6. The van der Waals surface area contributed by atoms with E-state index in [2.05, 4.69) is 437 Å². The van der Waals surface area contributed by atoms with Crippen LogP contribution >= 0.6 is 0 Å². The number of hydrogen-bond acceptors (Lipinski definition) is 6. The Labute approximate surface area is 705 Å². The molecule has 0 amide bonds. The molecule has 0 saturated carbocycles. The summed E-state index contributed by atoms with van der Waals surface area (Å²) >= 11 is 0. The number of hydrogen-bond donors (Lipinski definition) is 0. The Bertz CT molecular complexity index is 8130. The van der Waals surface area contributed by atoms with E-state index >= 15 is 0 Å². The van der Waals surface area contributed by atoms with Crippen molar-refractivity contribution >= 4 is 86.2 Å². The second kappa shape index (κ2) is 30.0. The van der Waals surface area contributed by atoms with Crippen LogP contribution in [0.15, 0.2) is 437 Å². The van der Waals surface area contributed by atoms with Crippen molar-refractivity contribution in [3.8, 4) is 157 Å². The first-order chi connectivity index (χ1) is 60.4. The third-order valence-corrected chi connectivity index (χ3v) is 24.3. The van der Waals surface area contributed by atoms with E-state index in [0.717, 1.165) is 176 Å². The zero-order valence-corrected chi connectivity index (χ0v) is 66.3. The molecule has 2 aromatic heterocycles. The predicted octanol–water partition coefficient (Wildman–Crippen LogP) is 30.6. The van der Waals surface area contributed by atoms with Crippen molar-refractivity contribution in [2.24, 2.45) is 0 Å². The van der Waals surface area contributed by atoms with Crippen molar-refractivity contribution in [2.75, 3.05) is 0 Å². The van der Waals surface area contributed by atoms with Crippen LogP contribution in [0, 0.1) is 0 Å². The van der Waals surface area contributed by atoms with Crippen LogP contribution in [0.1, 0.15) is 0 Å². The highest BCUT2D eigenvalue weighted by Crippen LogP contribution is 2.47. The van der Waals surface area contributed by atoms with E-state index in [1.807, 2.05) is 0 Å². The van der Waals surface area contributed by atoms with Crippen LogP contribution in [0.2, 0.25) is 0 Å². The average molecular weight is 1550 g/mol. The molecule has 6 nitrogen and oxygen atoms in total. The molecule has 0 radical (unpaired) electrons. The van der Waals surface area contributed by atoms with Gasteiger partial charge in [-0.25, -0.2) is 29.9 Å². The van der Waals surface area contributed by atoms with E-state index in [1.165, 1.54) is 32.7 Å². The minimum Gasteiger partial charge on any atom is -0.208 e. The maximum atomic E-state index is 5.65. The van der Waals surface area contributed by atoms with Gasteiger partial charge in [-0.3, -0.25) is 0 Å². The van der Waals surface area contributed by atoms with Gasteiger partial charge < -0.3 is 0 Å². The molecule has 566 valence electrons. The molecule has 6 heteroatoms. The van der Waals surface area contributed by atoms with E-state index in [-0.39, 0.29) is 0 Å². The molecule has 0 N–H and O–H groups in total. The summed E-state index contributed by atoms with van der Waals surface area (Å²) in [5.41, 5.74) is 23.2. The zero-order valence-electron chi connectivity index (χ0n) is 66.3. The Morgan fingerprint density at radius 3 is 1.01 bits per heavy atom. The molecule has 2 heterocycles. The summed E-state index contributed by atoms with van der Waals surface area (Å²) in [5, 5.41) is 18.1. The van der Waals surface area contributed by atoms with Crippen molar-refractivity contribution in [3.63, 3.8) is 0 Å². The van der Waals surface area contributed by atoms with Crippen LogP contribution in [0.3, 0.4) is 0 Å². The number of benzene rings is 21. The summed E-state index contributed by atoms with van der Waals surface area (Å²) < 4.78 is 0. The van der Waals surface area contributed by atoms with Crippen molar-refractivity contribution in [1.29, 1.82) is 0 Å². The number of rotatable bonds is 14. The lowest BCUT2D eigenvalue weighted by Crippen LogP contribution is -2.02. The Hall–Kier alpha value is -16.3. The molecule has 0 unspecified atom stereocenters. The zero-order chi connectivity index (χ0) is 80.6. The maximum absolute atomic E-state index is 5.65.